The number of nitrogens with zero attached hydrogens (tertiary/aromatic N) is 2. The molecule has 2 heterocycles. The number of benzene rings is 1. The SMILES string of the molecule is O=C(CCN1C(=O)CCC1=O)NC(c1ccccc1)c1ccccn1. The van der Waals surface area contributed by atoms with Crippen molar-refractivity contribution in [2.45, 2.75) is 25.3 Å². The number of amides is 3. The monoisotopic (exact) mass is 337 g/mol. The third-order valence-electron chi connectivity index (χ3n) is 4.14. The second-order valence-corrected chi connectivity index (χ2v) is 5.85. The highest BCUT2D eigenvalue weighted by molar-refractivity contribution is 6.02. The molecule has 1 aromatic heterocycles. The van der Waals surface area contributed by atoms with E-state index in [0.717, 1.165) is 16.2 Å². The molecule has 0 radical (unpaired) electrons. The lowest BCUT2D eigenvalue weighted by Gasteiger charge is -2.20. The maximum Gasteiger partial charge on any atom is 0.229 e. The molecule has 0 aliphatic carbocycles. The molecule has 6 nitrogen and oxygen atoms in total. The summed E-state index contributed by atoms with van der Waals surface area (Å²) in [5.74, 6) is -0.642. The maximum atomic E-state index is 12.4. The van der Waals surface area contributed by atoms with Gasteiger partial charge in [-0.1, -0.05) is 36.4 Å². The van der Waals surface area contributed by atoms with Gasteiger partial charge in [0.25, 0.3) is 0 Å². The van der Waals surface area contributed by atoms with Crippen molar-refractivity contribution in [2.24, 2.45) is 0 Å². The van der Waals surface area contributed by atoms with Gasteiger partial charge in [-0.25, -0.2) is 0 Å². The molecular weight excluding hydrogens is 318 g/mol. The Kier molecular flexibility index (Phi) is 5.18. The minimum atomic E-state index is -0.375. The summed E-state index contributed by atoms with van der Waals surface area (Å²) < 4.78 is 0. The van der Waals surface area contributed by atoms with E-state index in [1.54, 1.807) is 6.20 Å². The van der Waals surface area contributed by atoms with Crippen molar-refractivity contribution in [3.63, 3.8) is 0 Å². The molecule has 1 fully saturated rings. The predicted octanol–water partition coefficient (Wildman–Crippen LogP) is 1.83. The second kappa shape index (κ2) is 7.70. The van der Waals surface area contributed by atoms with E-state index >= 15 is 0 Å². The molecule has 128 valence electrons. The van der Waals surface area contributed by atoms with Gasteiger partial charge in [0, 0.05) is 32.0 Å². The number of rotatable bonds is 6. The van der Waals surface area contributed by atoms with E-state index in [-0.39, 0.29) is 49.6 Å². The summed E-state index contributed by atoms with van der Waals surface area (Å²) in [6.45, 7) is 0.118. The van der Waals surface area contributed by atoms with Gasteiger partial charge in [0.1, 0.15) is 0 Å². The van der Waals surface area contributed by atoms with Crippen LogP contribution in [0.15, 0.2) is 54.7 Å². The first-order valence-electron chi connectivity index (χ1n) is 8.23. The molecule has 0 saturated carbocycles. The van der Waals surface area contributed by atoms with Crippen LogP contribution >= 0.6 is 0 Å². The Labute approximate surface area is 145 Å². The standard InChI is InChI=1S/C19H19N3O3/c23-16(11-13-22-17(24)9-10-18(22)25)21-19(14-6-2-1-3-7-14)15-8-4-5-12-20-15/h1-8,12,19H,9-11,13H2,(H,21,23). The minimum absolute atomic E-state index is 0.0770. The Balaban J connectivity index is 1.69. The Hall–Kier alpha value is -3.02. The van der Waals surface area contributed by atoms with Gasteiger partial charge in [-0.05, 0) is 17.7 Å². The Morgan fingerprint density at radius 1 is 1.04 bits per heavy atom. The van der Waals surface area contributed by atoms with Crippen LogP contribution in [0.2, 0.25) is 0 Å². The van der Waals surface area contributed by atoms with Crippen LogP contribution in [-0.4, -0.2) is 34.2 Å². The molecule has 6 heteroatoms. The van der Waals surface area contributed by atoms with E-state index < -0.39 is 0 Å². The Morgan fingerprint density at radius 2 is 1.72 bits per heavy atom. The molecule has 1 N–H and O–H groups in total. The van der Waals surface area contributed by atoms with Crippen LogP contribution < -0.4 is 5.32 Å². The first kappa shape index (κ1) is 16.8. The highest BCUT2D eigenvalue weighted by Gasteiger charge is 2.29. The minimum Gasteiger partial charge on any atom is -0.344 e. The summed E-state index contributed by atoms with van der Waals surface area (Å²) in [6.07, 6.45) is 2.23. The van der Waals surface area contributed by atoms with E-state index in [1.807, 2.05) is 48.5 Å². The van der Waals surface area contributed by atoms with Crippen LogP contribution in [0.1, 0.15) is 36.6 Å². The maximum absolute atomic E-state index is 12.4. The molecule has 25 heavy (non-hydrogen) atoms. The van der Waals surface area contributed by atoms with Gasteiger partial charge in [0.2, 0.25) is 17.7 Å². The van der Waals surface area contributed by atoms with Gasteiger partial charge in [-0.3, -0.25) is 24.3 Å². The molecule has 1 atom stereocenters. The number of imide groups is 1. The fourth-order valence-electron chi connectivity index (χ4n) is 2.84. The van der Waals surface area contributed by atoms with Gasteiger partial charge >= 0.3 is 0 Å². The van der Waals surface area contributed by atoms with Crippen LogP contribution in [0.5, 0.6) is 0 Å². The molecule has 3 rings (SSSR count). The number of carbonyl (C=O) groups is 3. The third-order valence-corrected chi connectivity index (χ3v) is 4.14. The molecular formula is C19H19N3O3. The molecule has 0 bridgehead atoms. The van der Waals surface area contributed by atoms with Crippen LogP contribution in [0.4, 0.5) is 0 Å². The van der Waals surface area contributed by atoms with E-state index in [9.17, 15) is 14.4 Å². The number of hydrogen-bond donors (Lipinski definition) is 1. The molecule has 0 spiro atoms. The smallest absolute Gasteiger partial charge is 0.229 e. The highest BCUT2D eigenvalue weighted by Crippen LogP contribution is 2.20. The highest BCUT2D eigenvalue weighted by atomic mass is 16.2. The van der Waals surface area contributed by atoms with Crippen LogP contribution in [0.25, 0.3) is 0 Å². The fourth-order valence-corrected chi connectivity index (χ4v) is 2.84. The number of nitrogens with one attached hydrogen (secondary N) is 1. The van der Waals surface area contributed by atoms with Crippen molar-refractivity contribution in [1.82, 2.24) is 15.2 Å². The van der Waals surface area contributed by atoms with Gasteiger partial charge in [0.05, 0.1) is 11.7 Å². The van der Waals surface area contributed by atoms with E-state index in [2.05, 4.69) is 10.3 Å². The van der Waals surface area contributed by atoms with Gasteiger partial charge < -0.3 is 5.32 Å². The van der Waals surface area contributed by atoms with Crippen molar-refractivity contribution in [3.05, 3.63) is 66.0 Å². The summed E-state index contributed by atoms with van der Waals surface area (Å²) in [7, 11) is 0. The Bertz CT molecular complexity index is 706. The first-order valence-corrected chi connectivity index (χ1v) is 8.23. The lowest BCUT2D eigenvalue weighted by molar-refractivity contribution is -0.138. The normalized spacial score (nSPS) is 15.3. The first-order chi connectivity index (χ1) is 12.1. The lowest BCUT2D eigenvalue weighted by Crippen LogP contribution is -2.35. The van der Waals surface area contributed by atoms with Crippen LogP contribution in [0.3, 0.4) is 0 Å². The molecule has 1 aliphatic heterocycles. The number of hydrogen-bond acceptors (Lipinski definition) is 4. The zero-order chi connectivity index (χ0) is 17.6. The quantitative estimate of drug-likeness (QED) is 0.816. The largest absolute Gasteiger partial charge is 0.344 e. The number of carbonyl (C=O) groups excluding carboxylic acids is 3. The summed E-state index contributed by atoms with van der Waals surface area (Å²) >= 11 is 0. The molecule has 1 saturated heterocycles. The van der Waals surface area contributed by atoms with E-state index in [4.69, 9.17) is 0 Å². The Morgan fingerprint density at radius 3 is 2.36 bits per heavy atom. The summed E-state index contributed by atoms with van der Waals surface area (Å²) in [6, 6.07) is 14.7. The average Bonchev–Trinajstić information content (AvgIpc) is 2.97. The van der Waals surface area contributed by atoms with Crippen molar-refractivity contribution in [1.29, 1.82) is 0 Å². The zero-order valence-electron chi connectivity index (χ0n) is 13.7. The van der Waals surface area contributed by atoms with Crippen LogP contribution in [-0.2, 0) is 14.4 Å². The van der Waals surface area contributed by atoms with E-state index in [0.29, 0.717) is 0 Å². The predicted molar refractivity (Wildman–Crippen MR) is 91.2 cm³/mol. The fraction of sp³-hybridized carbons (Fsp3) is 0.263. The van der Waals surface area contributed by atoms with Gasteiger partial charge in [-0.2, -0.15) is 0 Å². The van der Waals surface area contributed by atoms with Gasteiger partial charge in [-0.15, -0.1) is 0 Å². The molecule has 1 unspecified atom stereocenters. The molecule has 2 aromatic rings. The molecule has 1 aromatic carbocycles. The van der Waals surface area contributed by atoms with Crippen molar-refractivity contribution < 1.29 is 14.4 Å². The van der Waals surface area contributed by atoms with Crippen molar-refractivity contribution >= 4 is 17.7 Å². The number of pyridine rings is 1. The number of likely N-dealkylation sites (tertiary alicyclic amines) is 1. The van der Waals surface area contributed by atoms with E-state index in [1.165, 1.54) is 0 Å². The second-order valence-electron chi connectivity index (χ2n) is 5.85. The van der Waals surface area contributed by atoms with Crippen molar-refractivity contribution in [2.75, 3.05) is 6.54 Å². The average molecular weight is 337 g/mol. The number of aromatic nitrogens is 1. The van der Waals surface area contributed by atoms with Crippen molar-refractivity contribution in [3.8, 4) is 0 Å². The van der Waals surface area contributed by atoms with Gasteiger partial charge in [0.15, 0.2) is 0 Å². The van der Waals surface area contributed by atoms with Crippen LogP contribution in [0, 0.1) is 0 Å². The third kappa shape index (κ3) is 4.09. The summed E-state index contributed by atoms with van der Waals surface area (Å²) in [5.41, 5.74) is 1.65. The summed E-state index contributed by atoms with van der Waals surface area (Å²) in [5, 5.41) is 2.95. The molecule has 3 amide bonds. The molecule has 1 aliphatic rings. The lowest BCUT2D eigenvalue weighted by atomic mass is 10.0. The topological polar surface area (TPSA) is 79.4 Å². The summed E-state index contributed by atoms with van der Waals surface area (Å²) in [4.78, 5) is 41.1. The zero-order valence-corrected chi connectivity index (χ0v) is 13.7.